The van der Waals surface area contributed by atoms with E-state index in [1.165, 1.54) is 10.1 Å². The Morgan fingerprint density at radius 3 is 3.03 bits per heavy atom. The number of nitrogens with zero attached hydrogens (tertiary/aromatic N) is 3. The van der Waals surface area contributed by atoms with Crippen LogP contribution in [0.5, 0.6) is 0 Å². The summed E-state index contributed by atoms with van der Waals surface area (Å²) in [5.41, 5.74) is 3.03. The van der Waals surface area contributed by atoms with Crippen LogP contribution >= 0.6 is 11.3 Å². The van der Waals surface area contributed by atoms with Crippen molar-refractivity contribution in [2.45, 2.75) is 32.3 Å². The summed E-state index contributed by atoms with van der Waals surface area (Å²) in [7, 11) is 0. The predicted octanol–water partition coefficient (Wildman–Crippen LogP) is 4.19. The second-order valence-electron chi connectivity index (χ2n) is 8.49. The zero-order chi connectivity index (χ0) is 21.4. The lowest BCUT2D eigenvalue weighted by Gasteiger charge is -2.28. The molecule has 0 amide bonds. The summed E-state index contributed by atoms with van der Waals surface area (Å²) in [5, 5.41) is 28.5. The lowest BCUT2D eigenvalue weighted by Crippen LogP contribution is -2.43. The summed E-state index contributed by atoms with van der Waals surface area (Å²) in [5.74, 6) is 2.20. The smallest absolute Gasteiger partial charge is 0.163 e. The molecule has 0 bridgehead atoms. The number of β-amino-alcohol motifs (C(OH)–C–C–N with tert-alkyl or cyclic N) is 1. The van der Waals surface area contributed by atoms with Crippen LogP contribution in [0.4, 0.5) is 17.3 Å². The number of hydrogen-bond donors (Lipinski definition) is 4. The van der Waals surface area contributed by atoms with Crippen LogP contribution in [0.1, 0.15) is 31.7 Å². The van der Waals surface area contributed by atoms with Gasteiger partial charge in [0, 0.05) is 46.1 Å². The third kappa shape index (κ3) is 3.98. The molecule has 1 fully saturated rings. The van der Waals surface area contributed by atoms with E-state index in [1.807, 2.05) is 16.8 Å². The van der Waals surface area contributed by atoms with Gasteiger partial charge in [-0.05, 0) is 24.9 Å². The van der Waals surface area contributed by atoms with Crippen molar-refractivity contribution in [2.75, 3.05) is 30.3 Å². The molecular weight excluding hydrogens is 408 g/mol. The van der Waals surface area contributed by atoms with E-state index in [9.17, 15) is 5.11 Å². The number of nitrogens with one attached hydrogen (secondary N) is 3. The first kappa shape index (κ1) is 20.2. The lowest BCUT2D eigenvalue weighted by molar-refractivity contribution is 0.0883. The SMILES string of the molecule is CC(C)c1cnn2c(Nc3csc4ccccc34)cc(NC[C@H]3CCNC[C@@H]3O)nc12. The quantitative estimate of drug-likeness (QED) is 0.363. The van der Waals surface area contributed by atoms with Gasteiger partial charge in [-0.1, -0.05) is 32.0 Å². The van der Waals surface area contributed by atoms with Gasteiger partial charge in [0.25, 0.3) is 0 Å². The van der Waals surface area contributed by atoms with E-state index in [4.69, 9.17) is 4.98 Å². The molecule has 0 radical (unpaired) electrons. The molecule has 0 saturated carbocycles. The van der Waals surface area contributed by atoms with Crippen molar-refractivity contribution in [2.24, 2.45) is 5.92 Å². The maximum atomic E-state index is 10.3. The van der Waals surface area contributed by atoms with Gasteiger partial charge in [0.15, 0.2) is 5.65 Å². The number of aromatic nitrogens is 3. The molecule has 4 heterocycles. The van der Waals surface area contributed by atoms with Gasteiger partial charge < -0.3 is 21.1 Å². The highest BCUT2D eigenvalue weighted by Crippen LogP contribution is 2.33. The van der Waals surface area contributed by atoms with Gasteiger partial charge in [0.2, 0.25) is 0 Å². The van der Waals surface area contributed by atoms with E-state index < -0.39 is 0 Å². The molecule has 4 aromatic rings. The number of aliphatic hydroxyl groups excluding tert-OH is 1. The Hall–Kier alpha value is -2.68. The third-order valence-electron chi connectivity index (χ3n) is 6.00. The van der Waals surface area contributed by atoms with Crippen LogP contribution < -0.4 is 16.0 Å². The van der Waals surface area contributed by atoms with Crippen LogP contribution in [0.25, 0.3) is 15.7 Å². The van der Waals surface area contributed by atoms with Gasteiger partial charge in [-0.3, -0.25) is 0 Å². The molecule has 2 atom stereocenters. The Morgan fingerprint density at radius 1 is 1.32 bits per heavy atom. The number of fused-ring (bicyclic) bond motifs is 2. The molecule has 162 valence electrons. The second kappa shape index (κ2) is 8.45. The van der Waals surface area contributed by atoms with Gasteiger partial charge >= 0.3 is 0 Å². The van der Waals surface area contributed by atoms with Crippen LogP contribution in [0.2, 0.25) is 0 Å². The molecule has 3 aromatic heterocycles. The molecule has 1 aliphatic rings. The number of rotatable bonds is 6. The van der Waals surface area contributed by atoms with Crippen molar-refractivity contribution in [1.29, 1.82) is 0 Å². The van der Waals surface area contributed by atoms with E-state index in [2.05, 4.69) is 64.5 Å². The molecule has 1 aliphatic heterocycles. The van der Waals surface area contributed by atoms with Gasteiger partial charge in [0.1, 0.15) is 11.6 Å². The molecule has 1 aromatic carbocycles. The topological polar surface area (TPSA) is 86.5 Å². The summed E-state index contributed by atoms with van der Waals surface area (Å²) in [6.07, 6.45) is 2.53. The summed E-state index contributed by atoms with van der Waals surface area (Å²) < 4.78 is 3.13. The minimum atomic E-state index is -0.332. The van der Waals surface area contributed by atoms with E-state index >= 15 is 0 Å². The zero-order valence-corrected chi connectivity index (χ0v) is 18.6. The van der Waals surface area contributed by atoms with Crippen LogP contribution in [0.15, 0.2) is 41.9 Å². The number of benzene rings is 1. The number of hydrogen-bond acceptors (Lipinski definition) is 7. The average molecular weight is 437 g/mol. The highest BCUT2D eigenvalue weighted by molar-refractivity contribution is 7.17. The molecule has 31 heavy (non-hydrogen) atoms. The van der Waals surface area contributed by atoms with Gasteiger partial charge in [-0.15, -0.1) is 11.3 Å². The van der Waals surface area contributed by atoms with Crippen molar-refractivity contribution in [1.82, 2.24) is 19.9 Å². The van der Waals surface area contributed by atoms with Crippen LogP contribution in [0, 0.1) is 5.92 Å². The fraction of sp³-hybridized carbons (Fsp3) is 0.391. The number of anilines is 3. The molecular formula is C23H28N6OS. The van der Waals surface area contributed by atoms with Crippen molar-refractivity contribution in [3.63, 3.8) is 0 Å². The number of aliphatic hydroxyl groups is 1. The zero-order valence-electron chi connectivity index (χ0n) is 17.8. The molecule has 0 aliphatic carbocycles. The molecule has 4 N–H and O–H groups in total. The minimum Gasteiger partial charge on any atom is -0.391 e. The molecule has 0 unspecified atom stereocenters. The first-order valence-corrected chi connectivity index (χ1v) is 11.7. The Bertz CT molecular complexity index is 1200. The van der Waals surface area contributed by atoms with E-state index in [0.29, 0.717) is 19.0 Å². The van der Waals surface area contributed by atoms with E-state index in [0.717, 1.165) is 41.5 Å². The van der Waals surface area contributed by atoms with Crippen LogP contribution in [-0.4, -0.2) is 45.4 Å². The predicted molar refractivity (Wildman–Crippen MR) is 128 cm³/mol. The molecule has 5 rings (SSSR count). The Balaban J connectivity index is 1.50. The standard InChI is InChI=1S/C23H28N6OS/c1-14(2)17-11-26-29-22(27-18-13-31-20-6-4-3-5-16(18)20)9-21(28-23(17)29)25-10-15-7-8-24-12-19(15)30/h3-6,9,11,13-15,19,24,27,30H,7-8,10,12H2,1-2H3,(H,25,28)/t15-,19+/m1/s1. The normalized spacial score (nSPS) is 19.4. The number of thiophene rings is 1. The van der Waals surface area contributed by atoms with Crippen molar-refractivity contribution < 1.29 is 5.11 Å². The second-order valence-corrected chi connectivity index (χ2v) is 9.40. The highest BCUT2D eigenvalue weighted by Gasteiger charge is 2.23. The Labute approximate surface area is 185 Å². The molecule has 0 spiro atoms. The van der Waals surface area contributed by atoms with Crippen molar-refractivity contribution >= 4 is 44.4 Å². The molecule has 8 heteroatoms. The van der Waals surface area contributed by atoms with Crippen LogP contribution in [0.3, 0.4) is 0 Å². The van der Waals surface area contributed by atoms with Crippen molar-refractivity contribution in [3.05, 3.63) is 47.5 Å². The lowest BCUT2D eigenvalue weighted by atomic mass is 9.95. The largest absolute Gasteiger partial charge is 0.391 e. The first-order valence-electron chi connectivity index (χ1n) is 10.8. The fourth-order valence-corrected chi connectivity index (χ4v) is 5.04. The Kier molecular flexibility index (Phi) is 5.52. The third-order valence-corrected chi connectivity index (χ3v) is 6.96. The summed E-state index contributed by atoms with van der Waals surface area (Å²) in [6.45, 7) is 6.59. The van der Waals surface area contributed by atoms with E-state index in [1.54, 1.807) is 11.3 Å². The van der Waals surface area contributed by atoms with E-state index in [-0.39, 0.29) is 12.0 Å². The maximum Gasteiger partial charge on any atom is 0.163 e. The van der Waals surface area contributed by atoms with Gasteiger partial charge in [0.05, 0.1) is 18.0 Å². The van der Waals surface area contributed by atoms with Gasteiger partial charge in [-0.2, -0.15) is 9.61 Å². The molecule has 7 nitrogen and oxygen atoms in total. The molecule has 1 saturated heterocycles. The van der Waals surface area contributed by atoms with Crippen LogP contribution in [-0.2, 0) is 0 Å². The maximum absolute atomic E-state index is 10.3. The minimum absolute atomic E-state index is 0.214. The summed E-state index contributed by atoms with van der Waals surface area (Å²) in [4.78, 5) is 4.87. The highest BCUT2D eigenvalue weighted by atomic mass is 32.1. The number of piperidine rings is 1. The first-order chi connectivity index (χ1) is 15.1. The van der Waals surface area contributed by atoms with Gasteiger partial charge in [-0.25, -0.2) is 4.98 Å². The Morgan fingerprint density at radius 2 is 2.19 bits per heavy atom. The summed E-state index contributed by atoms with van der Waals surface area (Å²) in [6, 6.07) is 10.4. The fourth-order valence-electron chi connectivity index (χ4n) is 4.15. The summed E-state index contributed by atoms with van der Waals surface area (Å²) >= 11 is 1.73. The monoisotopic (exact) mass is 436 g/mol. The average Bonchev–Trinajstić information content (AvgIpc) is 3.38. The van der Waals surface area contributed by atoms with Crippen molar-refractivity contribution in [3.8, 4) is 0 Å².